The third-order valence-electron chi connectivity index (χ3n) is 9.44. The minimum Gasteiger partial charge on any atom is -0.462 e. The van der Waals surface area contributed by atoms with Crippen LogP contribution in [-0.4, -0.2) is 41.0 Å². The first-order chi connectivity index (χ1) is 25.3. The normalized spacial score (nSPS) is 12.6. The Kier molecular flexibility index (Phi) is 38.1. The molecule has 52 heavy (non-hydrogen) atoms. The van der Waals surface area contributed by atoms with E-state index in [0.717, 1.165) is 57.8 Å². The van der Waals surface area contributed by atoms with E-state index in [-0.39, 0.29) is 19.4 Å². The summed E-state index contributed by atoms with van der Waals surface area (Å²) in [7, 11) is -4.75. The van der Waals surface area contributed by atoms with E-state index in [1.807, 2.05) is 0 Å². The van der Waals surface area contributed by atoms with Gasteiger partial charge in [-0.15, -0.1) is 0 Å². The molecule has 0 rings (SSSR count). The van der Waals surface area contributed by atoms with Gasteiger partial charge >= 0.3 is 19.8 Å². The molecule has 0 aromatic rings. The van der Waals surface area contributed by atoms with Crippen LogP contribution < -0.4 is 0 Å². The van der Waals surface area contributed by atoms with E-state index in [9.17, 15) is 14.2 Å². The van der Waals surface area contributed by atoms with Crippen LogP contribution in [-0.2, 0) is 28.2 Å². The lowest BCUT2D eigenvalue weighted by molar-refractivity contribution is -0.161. The Morgan fingerprint density at radius 1 is 0.481 bits per heavy atom. The van der Waals surface area contributed by atoms with Gasteiger partial charge in [0.2, 0.25) is 0 Å². The molecule has 0 amide bonds. The summed E-state index contributed by atoms with van der Waals surface area (Å²) in [6.07, 6.45) is 44.7. The van der Waals surface area contributed by atoms with Crippen molar-refractivity contribution in [3.8, 4) is 0 Å². The van der Waals surface area contributed by atoms with Crippen LogP contribution in [0.5, 0.6) is 0 Å². The van der Waals surface area contributed by atoms with Gasteiger partial charge in [-0.25, -0.2) is 4.57 Å². The number of ether oxygens (including phenoxy) is 2. The second kappa shape index (κ2) is 39.2. The highest BCUT2D eigenvalue weighted by molar-refractivity contribution is 7.46. The molecule has 8 nitrogen and oxygen atoms in total. The van der Waals surface area contributed by atoms with Gasteiger partial charge in [-0.3, -0.25) is 14.1 Å². The van der Waals surface area contributed by atoms with Gasteiger partial charge < -0.3 is 19.3 Å². The highest BCUT2D eigenvalue weighted by atomic mass is 31.2. The molecule has 0 aliphatic heterocycles. The van der Waals surface area contributed by atoms with E-state index in [2.05, 4.69) is 42.7 Å². The van der Waals surface area contributed by atoms with Gasteiger partial charge in [-0.2, -0.15) is 0 Å². The van der Waals surface area contributed by atoms with Gasteiger partial charge in [0, 0.05) is 12.8 Å². The van der Waals surface area contributed by atoms with Crippen molar-refractivity contribution < 1.29 is 37.9 Å². The third kappa shape index (κ3) is 41.3. The Labute approximate surface area is 319 Å². The molecule has 0 heterocycles. The number of phosphoric acid groups is 1. The first kappa shape index (κ1) is 50.5. The van der Waals surface area contributed by atoms with Crippen LogP contribution in [0.15, 0.2) is 24.3 Å². The van der Waals surface area contributed by atoms with Crippen LogP contribution in [0.4, 0.5) is 0 Å². The van der Waals surface area contributed by atoms with Crippen molar-refractivity contribution in [2.24, 2.45) is 0 Å². The van der Waals surface area contributed by atoms with Crippen molar-refractivity contribution >= 4 is 19.8 Å². The van der Waals surface area contributed by atoms with Crippen LogP contribution in [0.1, 0.15) is 219 Å². The van der Waals surface area contributed by atoms with Gasteiger partial charge in [-0.05, 0) is 64.2 Å². The average Bonchev–Trinajstić information content (AvgIpc) is 3.11. The van der Waals surface area contributed by atoms with Crippen LogP contribution in [0.3, 0.4) is 0 Å². The van der Waals surface area contributed by atoms with E-state index in [1.54, 1.807) is 0 Å². The fourth-order valence-electron chi connectivity index (χ4n) is 6.19. The van der Waals surface area contributed by atoms with E-state index >= 15 is 0 Å². The first-order valence-corrected chi connectivity index (χ1v) is 23.2. The minimum atomic E-state index is -4.75. The summed E-state index contributed by atoms with van der Waals surface area (Å²) in [5.74, 6) is -0.888. The van der Waals surface area contributed by atoms with Gasteiger partial charge in [0.15, 0.2) is 6.10 Å². The Hall–Kier alpha value is -1.47. The standard InChI is InChI=1S/C43H81O8P/c1-3-5-7-9-11-13-15-17-19-21-23-25-27-29-31-33-35-37-42(44)49-39-41(40-50-52(46,47)48)51-43(45)38-36-34-32-30-28-26-24-22-20-18-16-14-12-10-8-6-4-2/h17-20,41H,3-16,21-40H2,1-2H3,(H2,46,47,48)/b19-17+,20-18+/t41-/m1/s1. The van der Waals surface area contributed by atoms with Crippen LogP contribution in [0, 0.1) is 0 Å². The quantitative estimate of drug-likeness (QED) is 0.0274. The SMILES string of the molecule is CCCCCCCC/C=C/CCCCCCCCCC(=O)OC[C@H](COP(=O)(O)O)OC(=O)CCCCCCCCC/C=C/CCCCCCCC. The summed E-state index contributed by atoms with van der Waals surface area (Å²) in [6.45, 7) is 3.69. The Balaban J connectivity index is 3.90. The van der Waals surface area contributed by atoms with E-state index in [1.165, 1.54) is 128 Å². The maximum absolute atomic E-state index is 12.4. The summed E-state index contributed by atoms with van der Waals surface area (Å²) >= 11 is 0. The Morgan fingerprint density at radius 3 is 1.17 bits per heavy atom. The summed E-state index contributed by atoms with van der Waals surface area (Å²) in [6, 6.07) is 0. The van der Waals surface area contributed by atoms with Crippen molar-refractivity contribution in [3.63, 3.8) is 0 Å². The highest BCUT2D eigenvalue weighted by Crippen LogP contribution is 2.36. The summed E-state index contributed by atoms with van der Waals surface area (Å²) in [4.78, 5) is 42.9. The number of esters is 2. The molecule has 0 saturated heterocycles. The van der Waals surface area contributed by atoms with Gasteiger partial charge in [0.05, 0.1) is 6.61 Å². The number of phosphoric ester groups is 1. The number of hydrogen-bond donors (Lipinski definition) is 2. The number of rotatable bonds is 40. The van der Waals surface area contributed by atoms with Crippen molar-refractivity contribution in [1.29, 1.82) is 0 Å². The molecule has 0 aliphatic carbocycles. The predicted octanol–water partition coefficient (Wildman–Crippen LogP) is 13.2. The maximum atomic E-state index is 12.4. The molecule has 0 aromatic carbocycles. The zero-order valence-corrected chi connectivity index (χ0v) is 34.6. The molecule has 9 heteroatoms. The fraction of sp³-hybridized carbons (Fsp3) is 0.860. The summed E-state index contributed by atoms with van der Waals surface area (Å²) in [5, 5.41) is 0. The molecule has 0 spiro atoms. The number of unbranched alkanes of at least 4 members (excludes halogenated alkanes) is 26. The number of hydrogen-bond acceptors (Lipinski definition) is 6. The molecule has 1 atom stereocenters. The zero-order valence-electron chi connectivity index (χ0n) is 33.7. The molecular weight excluding hydrogens is 675 g/mol. The molecule has 0 radical (unpaired) electrons. The lowest BCUT2D eigenvalue weighted by atomic mass is 10.1. The number of carbonyl (C=O) groups excluding carboxylic acids is 2. The molecule has 0 bridgehead atoms. The second-order valence-electron chi connectivity index (χ2n) is 14.7. The fourth-order valence-corrected chi connectivity index (χ4v) is 6.55. The monoisotopic (exact) mass is 757 g/mol. The molecule has 0 unspecified atom stereocenters. The molecular formula is C43H81O8P. The average molecular weight is 757 g/mol. The van der Waals surface area contributed by atoms with E-state index in [0.29, 0.717) is 6.42 Å². The third-order valence-corrected chi connectivity index (χ3v) is 9.93. The first-order valence-electron chi connectivity index (χ1n) is 21.6. The summed E-state index contributed by atoms with van der Waals surface area (Å²) in [5.41, 5.74) is 0. The van der Waals surface area contributed by atoms with Crippen molar-refractivity contribution in [2.75, 3.05) is 13.2 Å². The lowest BCUT2D eigenvalue weighted by Gasteiger charge is -2.18. The largest absolute Gasteiger partial charge is 0.469 e. The number of allylic oxidation sites excluding steroid dienone is 4. The van der Waals surface area contributed by atoms with E-state index < -0.39 is 32.5 Å². The van der Waals surface area contributed by atoms with Crippen LogP contribution in [0.2, 0.25) is 0 Å². The Morgan fingerprint density at radius 2 is 0.808 bits per heavy atom. The van der Waals surface area contributed by atoms with Crippen molar-refractivity contribution in [1.82, 2.24) is 0 Å². The molecule has 0 saturated carbocycles. The van der Waals surface area contributed by atoms with Crippen molar-refractivity contribution in [2.45, 2.75) is 225 Å². The molecule has 0 fully saturated rings. The van der Waals surface area contributed by atoms with Crippen LogP contribution in [0.25, 0.3) is 0 Å². The van der Waals surface area contributed by atoms with Crippen LogP contribution >= 0.6 is 7.82 Å². The highest BCUT2D eigenvalue weighted by Gasteiger charge is 2.22. The van der Waals surface area contributed by atoms with Crippen molar-refractivity contribution in [3.05, 3.63) is 24.3 Å². The van der Waals surface area contributed by atoms with Gasteiger partial charge in [-0.1, -0.05) is 167 Å². The van der Waals surface area contributed by atoms with E-state index in [4.69, 9.17) is 19.3 Å². The minimum absolute atomic E-state index is 0.208. The summed E-state index contributed by atoms with van der Waals surface area (Å²) < 4.78 is 26.4. The topological polar surface area (TPSA) is 119 Å². The van der Waals surface area contributed by atoms with Gasteiger partial charge in [0.1, 0.15) is 6.61 Å². The number of carbonyl (C=O) groups is 2. The molecule has 2 N–H and O–H groups in total. The zero-order chi connectivity index (χ0) is 38.2. The molecule has 0 aliphatic rings. The Bertz CT molecular complexity index is 900. The second-order valence-corrected chi connectivity index (χ2v) is 15.9. The molecule has 0 aromatic heterocycles. The molecule has 306 valence electrons. The lowest BCUT2D eigenvalue weighted by Crippen LogP contribution is -2.29. The maximum Gasteiger partial charge on any atom is 0.469 e. The smallest absolute Gasteiger partial charge is 0.462 e. The predicted molar refractivity (Wildman–Crippen MR) is 216 cm³/mol. The van der Waals surface area contributed by atoms with Gasteiger partial charge in [0.25, 0.3) is 0 Å².